The number of hydrogen-bond donors (Lipinski definition) is 0. The van der Waals surface area contributed by atoms with Crippen LogP contribution in [-0.4, -0.2) is 9.97 Å². The number of aromatic nitrogens is 2. The zero-order valence-corrected chi connectivity index (χ0v) is 34.8. The Balaban J connectivity index is 1.05. The van der Waals surface area contributed by atoms with Gasteiger partial charge in [-0.2, -0.15) is 0 Å². The molecule has 5 heteroatoms. The van der Waals surface area contributed by atoms with Crippen molar-refractivity contribution < 1.29 is 8.83 Å². The van der Waals surface area contributed by atoms with Gasteiger partial charge in [-0.3, -0.25) is 0 Å². The van der Waals surface area contributed by atoms with Gasteiger partial charge in [0.1, 0.15) is 22.3 Å². The van der Waals surface area contributed by atoms with E-state index in [1.54, 1.807) is 11.8 Å². The Kier molecular flexibility index (Phi) is 8.87. The van der Waals surface area contributed by atoms with Gasteiger partial charge in [0.15, 0.2) is 5.82 Å². The van der Waals surface area contributed by atoms with Crippen LogP contribution in [0.1, 0.15) is 5.56 Å². The average Bonchev–Trinajstić information content (AvgIpc) is 3.92. The molecule has 8 aromatic carbocycles. The first kappa shape index (κ1) is 36.8. The Morgan fingerprint density at radius 2 is 0.905 bits per heavy atom. The molecular formula is C58H36N2O2S. The molecule has 0 unspecified atom stereocenters. The van der Waals surface area contributed by atoms with Crippen LogP contribution < -0.4 is 0 Å². The molecule has 1 aliphatic rings. The highest BCUT2D eigenvalue weighted by Gasteiger charge is 2.20. The third-order valence-electron chi connectivity index (χ3n) is 11.9. The van der Waals surface area contributed by atoms with Gasteiger partial charge in [0.05, 0.1) is 11.4 Å². The second-order valence-corrected chi connectivity index (χ2v) is 16.7. The normalized spacial score (nSPS) is 13.6. The second-order valence-electron chi connectivity index (χ2n) is 15.8. The monoisotopic (exact) mass is 824 g/mol. The Bertz CT molecular complexity index is 3540. The van der Waals surface area contributed by atoms with Crippen molar-refractivity contribution in [2.24, 2.45) is 0 Å². The van der Waals surface area contributed by atoms with Gasteiger partial charge in [0, 0.05) is 54.3 Å². The topological polar surface area (TPSA) is 52.1 Å². The molecule has 63 heavy (non-hydrogen) atoms. The number of thioether (sulfide) groups is 1. The Morgan fingerprint density at radius 1 is 0.397 bits per heavy atom. The summed E-state index contributed by atoms with van der Waals surface area (Å²) in [5, 5.41) is 6.44. The lowest BCUT2D eigenvalue weighted by atomic mass is 9.93. The summed E-state index contributed by atoms with van der Waals surface area (Å²) in [6.45, 7) is 4.34. The van der Waals surface area contributed by atoms with Crippen molar-refractivity contribution in [1.82, 2.24) is 9.97 Å². The summed E-state index contributed by atoms with van der Waals surface area (Å²) in [4.78, 5) is 11.9. The van der Waals surface area contributed by atoms with Crippen molar-refractivity contribution in [3.8, 4) is 67.3 Å². The standard InChI is InChI=1S/C58H36N2O2S/c1-36-14-9-10-31-63-57-43(36)19-11-22-46(57)37-27-29-39(30-28-37)52-35-51(38-15-3-2-4-16-38)59-58(60-52)42-33-40(44-20-12-23-49-47-17-5-7-25-53(47)61-55(44)49)32-41(34-42)45-21-13-24-50-48-18-6-8-26-54(48)62-56(45)50/h2-35H,1H2/b14-9-,31-10-. The number of benzene rings is 8. The number of hydrogen-bond acceptors (Lipinski definition) is 5. The SMILES string of the molecule is C=C1/C=C\C=C/Sc2c1cccc2-c1ccc(-c2cc(-c3ccccc3)nc(-c3cc(-c4cccc5c4oc4ccccc45)cc(-c4cccc5c4oc4ccccc45)c3)n2)cc1. The van der Waals surface area contributed by atoms with Gasteiger partial charge in [0.2, 0.25) is 0 Å². The Morgan fingerprint density at radius 3 is 1.56 bits per heavy atom. The lowest BCUT2D eigenvalue weighted by Crippen LogP contribution is -1.97. The summed E-state index contributed by atoms with van der Waals surface area (Å²) in [6.07, 6.45) is 6.17. The minimum absolute atomic E-state index is 0.617. The molecule has 12 rings (SSSR count). The van der Waals surface area contributed by atoms with E-state index in [0.717, 1.165) is 111 Å². The fourth-order valence-electron chi connectivity index (χ4n) is 8.88. The largest absolute Gasteiger partial charge is 0.455 e. The molecular weight excluding hydrogens is 789 g/mol. The lowest BCUT2D eigenvalue weighted by Gasteiger charge is -2.15. The maximum absolute atomic E-state index is 6.62. The number of para-hydroxylation sites is 4. The molecule has 0 amide bonds. The van der Waals surface area contributed by atoms with Gasteiger partial charge in [-0.05, 0) is 75.2 Å². The van der Waals surface area contributed by atoms with Crippen molar-refractivity contribution in [3.63, 3.8) is 0 Å². The molecule has 0 radical (unpaired) electrons. The third kappa shape index (κ3) is 6.49. The number of allylic oxidation sites excluding steroid dienone is 4. The fraction of sp³-hybridized carbons (Fsp3) is 0. The molecule has 1 aliphatic heterocycles. The lowest BCUT2D eigenvalue weighted by molar-refractivity contribution is 0.670. The van der Waals surface area contributed by atoms with Gasteiger partial charge in [-0.1, -0.05) is 182 Å². The molecule has 4 nitrogen and oxygen atoms in total. The highest BCUT2D eigenvalue weighted by Crippen LogP contribution is 2.43. The van der Waals surface area contributed by atoms with Crippen LogP contribution in [0.2, 0.25) is 0 Å². The van der Waals surface area contributed by atoms with Crippen molar-refractivity contribution in [2.45, 2.75) is 4.90 Å². The maximum Gasteiger partial charge on any atom is 0.160 e. The van der Waals surface area contributed by atoms with Crippen LogP contribution in [0.25, 0.3) is 117 Å². The van der Waals surface area contributed by atoms with Crippen molar-refractivity contribution in [3.05, 3.63) is 218 Å². The molecule has 296 valence electrons. The third-order valence-corrected chi connectivity index (χ3v) is 12.9. The Hall–Kier alpha value is -7.99. The van der Waals surface area contributed by atoms with Gasteiger partial charge in [0.25, 0.3) is 0 Å². The van der Waals surface area contributed by atoms with E-state index in [1.165, 1.54) is 10.5 Å². The molecule has 4 heterocycles. The molecule has 0 aliphatic carbocycles. The smallest absolute Gasteiger partial charge is 0.160 e. The number of furan rings is 2. The molecule has 0 fully saturated rings. The summed E-state index contributed by atoms with van der Waals surface area (Å²) in [5.41, 5.74) is 16.3. The fourth-order valence-corrected chi connectivity index (χ4v) is 9.82. The first-order chi connectivity index (χ1) is 31.1. The molecule has 0 atom stereocenters. The molecule has 0 bridgehead atoms. The van der Waals surface area contributed by atoms with E-state index in [0.29, 0.717) is 5.82 Å². The van der Waals surface area contributed by atoms with E-state index in [2.05, 4.69) is 176 Å². The van der Waals surface area contributed by atoms with Crippen LogP contribution in [0.3, 0.4) is 0 Å². The summed E-state index contributed by atoms with van der Waals surface area (Å²) in [5.74, 6) is 0.617. The number of rotatable bonds is 6. The predicted molar refractivity (Wildman–Crippen MR) is 262 cm³/mol. The van der Waals surface area contributed by atoms with Crippen molar-refractivity contribution >= 4 is 61.2 Å². The zero-order chi connectivity index (χ0) is 41.9. The van der Waals surface area contributed by atoms with Crippen LogP contribution in [0, 0.1) is 0 Å². The van der Waals surface area contributed by atoms with E-state index in [9.17, 15) is 0 Å². The maximum atomic E-state index is 6.62. The average molecular weight is 825 g/mol. The van der Waals surface area contributed by atoms with Crippen molar-refractivity contribution in [1.29, 1.82) is 0 Å². The van der Waals surface area contributed by atoms with Crippen molar-refractivity contribution in [2.75, 3.05) is 0 Å². The quantitative estimate of drug-likeness (QED) is 0.167. The first-order valence-corrected chi connectivity index (χ1v) is 21.9. The summed E-state index contributed by atoms with van der Waals surface area (Å²) >= 11 is 1.72. The zero-order valence-electron chi connectivity index (χ0n) is 34.0. The predicted octanol–water partition coefficient (Wildman–Crippen LogP) is 16.5. The highest BCUT2D eigenvalue weighted by atomic mass is 32.2. The first-order valence-electron chi connectivity index (χ1n) is 21.0. The summed E-state index contributed by atoms with van der Waals surface area (Å²) < 4.78 is 13.2. The van der Waals surface area contributed by atoms with E-state index in [-0.39, 0.29) is 0 Å². The van der Waals surface area contributed by atoms with Gasteiger partial charge >= 0.3 is 0 Å². The number of nitrogens with zero attached hydrogens (tertiary/aromatic N) is 2. The minimum atomic E-state index is 0.617. The molecule has 0 spiro atoms. The number of fused-ring (bicyclic) bond motifs is 7. The van der Waals surface area contributed by atoms with Gasteiger partial charge in [-0.25, -0.2) is 9.97 Å². The van der Waals surface area contributed by atoms with Crippen LogP contribution >= 0.6 is 11.8 Å². The van der Waals surface area contributed by atoms with E-state index < -0.39 is 0 Å². The molecule has 3 aromatic heterocycles. The highest BCUT2D eigenvalue weighted by molar-refractivity contribution is 8.02. The minimum Gasteiger partial charge on any atom is -0.455 e. The van der Waals surface area contributed by atoms with Gasteiger partial charge < -0.3 is 8.83 Å². The van der Waals surface area contributed by atoms with Crippen LogP contribution in [0.4, 0.5) is 0 Å². The summed E-state index contributed by atoms with van der Waals surface area (Å²) in [6, 6.07) is 63.4. The van der Waals surface area contributed by atoms with Crippen LogP contribution in [-0.2, 0) is 0 Å². The Labute approximate surface area is 368 Å². The van der Waals surface area contributed by atoms with E-state index in [1.807, 2.05) is 36.4 Å². The molecule has 11 aromatic rings. The second kappa shape index (κ2) is 15.2. The van der Waals surface area contributed by atoms with Crippen LogP contribution in [0.5, 0.6) is 0 Å². The van der Waals surface area contributed by atoms with Crippen LogP contribution in [0.15, 0.2) is 226 Å². The molecule has 0 saturated carbocycles. The van der Waals surface area contributed by atoms with E-state index >= 15 is 0 Å². The molecule has 0 N–H and O–H groups in total. The van der Waals surface area contributed by atoms with E-state index in [4.69, 9.17) is 18.8 Å². The summed E-state index contributed by atoms with van der Waals surface area (Å²) in [7, 11) is 0. The van der Waals surface area contributed by atoms with Gasteiger partial charge in [-0.15, -0.1) is 0 Å². The molecule has 0 saturated heterocycles.